The van der Waals surface area contributed by atoms with Gasteiger partial charge in [-0.05, 0) is 38.8 Å². The molecule has 1 aromatic heterocycles. The number of amides is 1. The molecule has 2 aliphatic rings. The number of carbonyl (C=O) groups excluding carboxylic acids is 1. The maximum absolute atomic E-state index is 12.5. The predicted molar refractivity (Wildman–Crippen MR) is 97.7 cm³/mol. The molecule has 0 aliphatic carbocycles. The van der Waals surface area contributed by atoms with Gasteiger partial charge in [-0.25, -0.2) is 5.10 Å². The lowest BCUT2D eigenvalue weighted by Crippen LogP contribution is -2.45. The minimum Gasteiger partial charge on any atom is -0.369 e. The van der Waals surface area contributed by atoms with Gasteiger partial charge >= 0.3 is 0 Å². The van der Waals surface area contributed by atoms with E-state index in [2.05, 4.69) is 25.3 Å². The number of hydrogen-bond acceptors (Lipinski definition) is 5. The average molecular weight is 347 g/mol. The van der Waals surface area contributed by atoms with E-state index in [0.29, 0.717) is 6.54 Å². The number of nitrogens with zero attached hydrogens (tertiary/aromatic N) is 3. The molecule has 0 aromatic carbocycles. The highest BCUT2D eigenvalue weighted by Gasteiger charge is 2.26. The summed E-state index contributed by atoms with van der Waals surface area (Å²) >= 11 is 0. The number of aromatic amines is 1. The zero-order valence-electron chi connectivity index (χ0n) is 14.9. The van der Waals surface area contributed by atoms with E-state index in [1.165, 1.54) is 25.7 Å². The Labute approximate surface area is 148 Å². The van der Waals surface area contributed by atoms with E-state index in [0.717, 1.165) is 51.3 Å². The van der Waals surface area contributed by atoms with Crippen molar-refractivity contribution >= 4 is 11.6 Å². The average Bonchev–Trinajstić information content (AvgIpc) is 2.91. The van der Waals surface area contributed by atoms with Crippen LogP contribution in [0.4, 0.5) is 5.69 Å². The molecule has 2 saturated heterocycles. The zero-order valence-corrected chi connectivity index (χ0v) is 14.9. The van der Waals surface area contributed by atoms with Crippen molar-refractivity contribution in [1.29, 1.82) is 0 Å². The van der Waals surface area contributed by atoms with Crippen LogP contribution in [-0.2, 0) is 4.79 Å². The lowest BCUT2D eigenvalue weighted by Gasteiger charge is -2.33. The normalized spacial score (nSPS) is 22.4. The third kappa shape index (κ3) is 5.29. The summed E-state index contributed by atoms with van der Waals surface area (Å²) in [6.07, 6.45) is 8.72. The summed E-state index contributed by atoms with van der Waals surface area (Å²) in [5.41, 5.74) is 0.590. The second kappa shape index (κ2) is 8.99. The smallest absolute Gasteiger partial charge is 0.266 e. The molecule has 7 heteroatoms. The van der Waals surface area contributed by atoms with Gasteiger partial charge < -0.3 is 15.1 Å². The molecule has 7 nitrogen and oxygen atoms in total. The van der Waals surface area contributed by atoms with Gasteiger partial charge in [0.25, 0.3) is 5.56 Å². The van der Waals surface area contributed by atoms with Crippen LogP contribution in [0.1, 0.15) is 38.5 Å². The topological polar surface area (TPSA) is 81.3 Å². The molecular formula is C18H29N5O2. The van der Waals surface area contributed by atoms with Gasteiger partial charge in [-0.2, -0.15) is 5.10 Å². The SMILES string of the molecule is O=C(NCCN1CCCCCC1)C1CCCN(c2cn[nH]c(=O)c2)C1. The number of H-pyrrole nitrogens is 1. The molecule has 1 aromatic rings. The number of carbonyl (C=O) groups is 1. The van der Waals surface area contributed by atoms with Gasteiger partial charge in [0.2, 0.25) is 5.91 Å². The third-order valence-corrected chi connectivity index (χ3v) is 5.23. The Bertz CT molecular complexity index is 609. The van der Waals surface area contributed by atoms with E-state index in [1.54, 1.807) is 12.3 Å². The zero-order chi connectivity index (χ0) is 17.5. The molecule has 0 saturated carbocycles. The highest BCUT2D eigenvalue weighted by molar-refractivity contribution is 5.79. The molecule has 2 N–H and O–H groups in total. The van der Waals surface area contributed by atoms with E-state index in [9.17, 15) is 9.59 Å². The van der Waals surface area contributed by atoms with Crippen LogP contribution in [0.15, 0.2) is 17.1 Å². The number of piperidine rings is 1. The largest absolute Gasteiger partial charge is 0.369 e. The number of hydrogen-bond donors (Lipinski definition) is 2. The van der Waals surface area contributed by atoms with Crippen LogP contribution >= 0.6 is 0 Å². The van der Waals surface area contributed by atoms with Crippen molar-refractivity contribution in [3.63, 3.8) is 0 Å². The van der Waals surface area contributed by atoms with Crippen LogP contribution in [0.3, 0.4) is 0 Å². The quantitative estimate of drug-likeness (QED) is 0.830. The monoisotopic (exact) mass is 347 g/mol. The van der Waals surface area contributed by atoms with Crippen molar-refractivity contribution < 1.29 is 4.79 Å². The molecule has 138 valence electrons. The van der Waals surface area contributed by atoms with E-state index in [4.69, 9.17) is 0 Å². The summed E-state index contributed by atoms with van der Waals surface area (Å²) in [5.74, 6) is 0.120. The highest BCUT2D eigenvalue weighted by atomic mass is 16.2. The summed E-state index contributed by atoms with van der Waals surface area (Å²) in [4.78, 5) is 28.5. The third-order valence-electron chi connectivity index (χ3n) is 5.23. The molecule has 0 bridgehead atoms. The fraction of sp³-hybridized carbons (Fsp3) is 0.722. The first-order valence-electron chi connectivity index (χ1n) is 9.52. The number of anilines is 1. The first-order chi connectivity index (χ1) is 12.2. The Morgan fingerprint density at radius 1 is 1.20 bits per heavy atom. The number of aromatic nitrogens is 2. The standard InChI is InChI=1S/C18H29N5O2/c24-17-12-16(13-20-21-17)23-10-5-6-15(14-23)18(25)19-7-11-22-8-3-1-2-4-9-22/h12-13,15H,1-11,14H2,(H,19,25)(H,21,24). The van der Waals surface area contributed by atoms with Gasteiger partial charge in [0, 0.05) is 32.2 Å². The predicted octanol–water partition coefficient (Wildman–Crippen LogP) is 0.978. The van der Waals surface area contributed by atoms with Crippen LogP contribution < -0.4 is 15.8 Å². The molecule has 1 atom stereocenters. The van der Waals surface area contributed by atoms with Gasteiger partial charge in [0.05, 0.1) is 17.8 Å². The first kappa shape index (κ1) is 17.9. The van der Waals surface area contributed by atoms with Gasteiger partial charge in [-0.1, -0.05) is 12.8 Å². The number of likely N-dealkylation sites (tertiary alicyclic amines) is 1. The van der Waals surface area contributed by atoms with Gasteiger partial charge in [0.15, 0.2) is 0 Å². The Hall–Kier alpha value is -1.89. The van der Waals surface area contributed by atoms with Crippen LogP contribution in [0, 0.1) is 5.92 Å². The first-order valence-corrected chi connectivity index (χ1v) is 9.52. The summed E-state index contributed by atoms with van der Waals surface area (Å²) in [5, 5.41) is 9.36. The molecule has 2 fully saturated rings. The minimum absolute atomic E-state index is 0.0165. The van der Waals surface area contributed by atoms with Crippen LogP contribution in [0.5, 0.6) is 0 Å². The van der Waals surface area contributed by atoms with E-state index in [1.807, 2.05) is 0 Å². The van der Waals surface area contributed by atoms with E-state index in [-0.39, 0.29) is 17.4 Å². The van der Waals surface area contributed by atoms with Crippen molar-refractivity contribution in [2.45, 2.75) is 38.5 Å². The lowest BCUT2D eigenvalue weighted by molar-refractivity contribution is -0.125. The molecular weight excluding hydrogens is 318 g/mol. The highest BCUT2D eigenvalue weighted by Crippen LogP contribution is 2.21. The lowest BCUT2D eigenvalue weighted by atomic mass is 9.97. The molecule has 1 amide bonds. The fourth-order valence-electron chi connectivity index (χ4n) is 3.81. The molecule has 3 rings (SSSR count). The minimum atomic E-state index is -0.207. The van der Waals surface area contributed by atoms with E-state index < -0.39 is 0 Å². The maximum Gasteiger partial charge on any atom is 0.266 e. The molecule has 0 spiro atoms. The summed E-state index contributed by atoms with van der Waals surface area (Å²) in [7, 11) is 0. The molecule has 3 heterocycles. The maximum atomic E-state index is 12.5. The van der Waals surface area contributed by atoms with Crippen LogP contribution in [0.2, 0.25) is 0 Å². The molecule has 0 radical (unpaired) electrons. The summed E-state index contributed by atoms with van der Waals surface area (Å²) in [6.45, 7) is 5.50. The van der Waals surface area contributed by atoms with Crippen LogP contribution in [0.25, 0.3) is 0 Å². The Morgan fingerprint density at radius 3 is 2.76 bits per heavy atom. The Kier molecular flexibility index (Phi) is 6.44. The van der Waals surface area contributed by atoms with Crippen molar-refractivity contribution in [2.75, 3.05) is 44.2 Å². The van der Waals surface area contributed by atoms with Gasteiger partial charge in [-0.15, -0.1) is 0 Å². The van der Waals surface area contributed by atoms with Crippen molar-refractivity contribution in [2.24, 2.45) is 5.92 Å². The van der Waals surface area contributed by atoms with Crippen molar-refractivity contribution in [1.82, 2.24) is 20.4 Å². The number of rotatable bonds is 5. The fourth-order valence-corrected chi connectivity index (χ4v) is 3.81. The Balaban J connectivity index is 1.46. The van der Waals surface area contributed by atoms with Crippen molar-refractivity contribution in [3.8, 4) is 0 Å². The van der Waals surface area contributed by atoms with Gasteiger partial charge in [-0.3, -0.25) is 9.59 Å². The summed E-state index contributed by atoms with van der Waals surface area (Å²) in [6, 6.07) is 1.55. The molecule has 25 heavy (non-hydrogen) atoms. The van der Waals surface area contributed by atoms with Crippen molar-refractivity contribution in [3.05, 3.63) is 22.6 Å². The second-order valence-electron chi connectivity index (χ2n) is 7.14. The summed E-state index contributed by atoms with van der Waals surface area (Å²) < 4.78 is 0. The van der Waals surface area contributed by atoms with Crippen LogP contribution in [-0.4, -0.2) is 60.3 Å². The second-order valence-corrected chi connectivity index (χ2v) is 7.14. The number of nitrogens with one attached hydrogen (secondary N) is 2. The molecule has 1 unspecified atom stereocenters. The molecule has 2 aliphatic heterocycles. The Morgan fingerprint density at radius 2 is 2.00 bits per heavy atom. The van der Waals surface area contributed by atoms with Gasteiger partial charge in [0.1, 0.15) is 0 Å². The van der Waals surface area contributed by atoms with E-state index >= 15 is 0 Å².